The molecule has 1 aromatic heterocycles. The van der Waals surface area contributed by atoms with E-state index in [1.807, 2.05) is 0 Å². The van der Waals surface area contributed by atoms with Crippen LogP contribution in [0.25, 0.3) is 17.4 Å². The number of nitriles is 1. The number of amides is 1. The molecule has 0 fully saturated rings. The number of benzene rings is 2. The summed E-state index contributed by atoms with van der Waals surface area (Å²) in [4.78, 5) is 34.7. The van der Waals surface area contributed by atoms with Gasteiger partial charge in [-0.1, -0.05) is 17.7 Å². The molecule has 0 aliphatic carbocycles. The van der Waals surface area contributed by atoms with Crippen LogP contribution in [-0.4, -0.2) is 28.1 Å². The second kappa shape index (κ2) is 8.98. The molecule has 8 nitrogen and oxygen atoms in total. The van der Waals surface area contributed by atoms with E-state index in [1.165, 1.54) is 48.5 Å². The van der Waals surface area contributed by atoms with Crippen molar-refractivity contribution in [1.82, 2.24) is 0 Å². The number of aromatic carboxylic acids is 2. The van der Waals surface area contributed by atoms with E-state index in [2.05, 4.69) is 5.32 Å². The van der Waals surface area contributed by atoms with Gasteiger partial charge in [0.25, 0.3) is 5.91 Å². The molecule has 1 heterocycles. The first-order valence-electron chi connectivity index (χ1n) is 8.68. The van der Waals surface area contributed by atoms with Crippen LogP contribution < -0.4 is 5.32 Å². The Balaban J connectivity index is 1.83. The van der Waals surface area contributed by atoms with Gasteiger partial charge < -0.3 is 19.9 Å². The minimum atomic E-state index is -1.19. The van der Waals surface area contributed by atoms with E-state index in [-0.39, 0.29) is 33.2 Å². The zero-order valence-corrected chi connectivity index (χ0v) is 16.4. The van der Waals surface area contributed by atoms with Crippen molar-refractivity contribution in [1.29, 1.82) is 5.26 Å². The van der Waals surface area contributed by atoms with Gasteiger partial charge in [0.15, 0.2) is 0 Å². The SMILES string of the molecule is N#CC(=Cc1ccc(-c2ccc(Cl)c(C(=O)O)c2)o1)C(=O)Nc1cccc(C(=O)O)c1. The summed E-state index contributed by atoms with van der Waals surface area (Å²) in [6.07, 6.45) is 1.22. The highest BCUT2D eigenvalue weighted by molar-refractivity contribution is 6.33. The van der Waals surface area contributed by atoms with Gasteiger partial charge in [0.2, 0.25) is 0 Å². The minimum Gasteiger partial charge on any atom is -0.478 e. The van der Waals surface area contributed by atoms with E-state index in [0.717, 1.165) is 0 Å². The number of furan rings is 1. The Morgan fingerprint density at radius 3 is 2.48 bits per heavy atom. The van der Waals surface area contributed by atoms with Gasteiger partial charge in [-0.15, -0.1) is 0 Å². The summed E-state index contributed by atoms with van der Waals surface area (Å²) >= 11 is 5.87. The number of rotatable bonds is 6. The van der Waals surface area contributed by atoms with Gasteiger partial charge in [-0.25, -0.2) is 9.59 Å². The Labute approximate surface area is 180 Å². The van der Waals surface area contributed by atoms with Gasteiger partial charge in [-0.2, -0.15) is 5.26 Å². The maximum Gasteiger partial charge on any atom is 0.337 e. The molecule has 2 aromatic carbocycles. The zero-order valence-electron chi connectivity index (χ0n) is 15.6. The summed E-state index contributed by atoms with van der Waals surface area (Å²) in [5, 5.41) is 30.1. The van der Waals surface area contributed by atoms with Crippen LogP contribution in [0, 0.1) is 11.3 Å². The highest BCUT2D eigenvalue weighted by Gasteiger charge is 2.14. The summed E-state index contributed by atoms with van der Waals surface area (Å²) in [5.74, 6) is -2.58. The highest BCUT2D eigenvalue weighted by atomic mass is 35.5. The van der Waals surface area contributed by atoms with E-state index in [9.17, 15) is 24.8 Å². The third-order valence-electron chi connectivity index (χ3n) is 4.13. The number of hydrogen-bond acceptors (Lipinski definition) is 5. The van der Waals surface area contributed by atoms with E-state index in [0.29, 0.717) is 11.3 Å². The highest BCUT2D eigenvalue weighted by Crippen LogP contribution is 2.27. The molecule has 1 amide bonds. The predicted molar refractivity (Wildman–Crippen MR) is 112 cm³/mol. The molecule has 3 aromatic rings. The summed E-state index contributed by atoms with van der Waals surface area (Å²) in [6.45, 7) is 0. The van der Waals surface area contributed by atoms with Gasteiger partial charge in [-0.3, -0.25) is 4.79 Å². The van der Waals surface area contributed by atoms with Crippen molar-refractivity contribution < 1.29 is 29.0 Å². The molecule has 154 valence electrons. The maximum absolute atomic E-state index is 12.4. The molecule has 0 radical (unpaired) electrons. The van der Waals surface area contributed by atoms with Crippen molar-refractivity contribution in [2.24, 2.45) is 0 Å². The Bertz CT molecular complexity index is 1270. The van der Waals surface area contributed by atoms with Crippen molar-refractivity contribution >= 4 is 41.2 Å². The monoisotopic (exact) mass is 436 g/mol. The summed E-state index contributed by atoms with van der Waals surface area (Å²) in [6, 6.07) is 14.8. The first-order chi connectivity index (χ1) is 14.8. The Morgan fingerprint density at radius 1 is 1.03 bits per heavy atom. The van der Waals surface area contributed by atoms with Crippen molar-refractivity contribution in [3.05, 3.63) is 82.1 Å². The van der Waals surface area contributed by atoms with E-state index >= 15 is 0 Å². The summed E-state index contributed by atoms with van der Waals surface area (Å²) in [5.41, 5.74) is 0.292. The number of nitrogens with one attached hydrogen (secondary N) is 1. The number of nitrogens with zero attached hydrogens (tertiary/aromatic N) is 1. The van der Waals surface area contributed by atoms with E-state index < -0.39 is 17.8 Å². The van der Waals surface area contributed by atoms with Crippen molar-refractivity contribution in [3.8, 4) is 17.4 Å². The van der Waals surface area contributed by atoms with Gasteiger partial charge in [0, 0.05) is 17.3 Å². The van der Waals surface area contributed by atoms with Gasteiger partial charge in [0.05, 0.1) is 16.1 Å². The smallest absolute Gasteiger partial charge is 0.337 e. The third kappa shape index (κ3) is 4.98. The normalized spacial score (nSPS) is 10.9. The van der Waals surface area contributed by atoms with Crippen LogP contribution in [0.3, 0.4) is 0 Å². The van der Waals surface area contributed by atoms with Gasteiger partial charge in [-0.05, 0) is 48.5 Å². The van der Waals surface area contributed by atoms with Crippen LogP contribution in [0.2, 0.25) is 5.02 Å². The summed E-state index contributed by atoms with van der Waals surface area (Å²) < 4.78 is 5.61. The number of carboxylic acid groups (broad SMARTS) is 2. The molecule has 0 spiro atoms. The van der Waals surface area contributed by atoms with Crippen LogP contribution in [-0.2, 0) is 4.79 Å². The molecule has 0 bridgehead atoms. The fourth-order valence-electron chi connectivity index (χ4n) is 2.65. The molecule has 0 unspecified atom stereocenters. The van der Waals surface area contributed by atoms with Crippen molar-refractivity contribution in [2.75, 3.05) is 5.32 Å². The number of carbonyl (C=O) groups excluding carboxylic acids is 1. The average molecular weight is 437 g/mol. The lowest BCUT2D eigenvalue weighted by atomic mass is 10.1. The first-order valence-corrected chi connectivity index (χ1v) is 9.06. The Morgan fingerprint density at radius 2 is 1.81 bits per heavy atom. The molecule has 0 saturated heterocycles. The third-order valence-corrected chi connectivity index (χ3v) is 4.46. The second-order valence-corrected chi connectivity index (χ2v) is 6.62. The first kappa shape index (κ1) is 21.4. The Kier molecular flexibility index (Phi) is 6.19. The molecule has 3 N–H and O–H groups in total. The molecular formula is C22H13ClN2O6. The fourth-order valence-corrected chi connectivity index (χ4v) is 2.85. The van der Waals surface area contributed by atoms with Crippen molar-refractivity contribution in [3.63, 3.8) is 0 Å². The van der Waals surface area contributed by atoms with Gasteiger partial charge >= 0.3 is 11.9 Å². The molecule has 0 aliphatic heterocycles. The van der Waals surface area contributed by atoms with Crippen molar-refractivity contribution in [2.45, 2.75) is 0 Å². The quantitative estimate of drug-likeness (QED) is 0.380. The summed E-state index contributed by atoms with van der Waals surface area (Å²) in [7, 11) is 0. The number of halogens is 1. The van der Waals surface area contributed by atoms with Crippen LogP contribution >= 0.6 is 11.6 Å². The van der Waals surface area contributed by atoms with Crippen LogP contribution in [0.5, 0.6) is 0 Å². The number of carbonyl (C=O) groups is 3. The number of carboxylic acids is 2. The Hall–Kier alpha value is -4.35. The topological polar surface area (TPSA) is 141 Å². The molecule has 0 saturated carbocycles. The fraction of sp³-hybridized carbons (Fsp3) is 0. The molecule has 9 heteroatoms. The second-order valence-electron chi connectivity index (χ2n) is 6.21. The lowest BCUT2D eigenvalue weighted by Crippen LogP contribution is -2.13. The van der Waals surface area contributed by atoms with E-state index in [4.69, 9.17) is 21.1 Å². The minimum absolute atomic E-state index is 0.0142. The average Bonchev–Trinajstić information content (AvgIpc) is 3.20. The number of hydrogen-bond donors (Lipinski definition) is 3. The predicted octanol–water partition coefficient (Wildman–Crippen LogP) is 4.54. The lowest BCUT2D eigenvalue weighted by molar-refractivity contribution is -0.112. The molecule has 0 atom stereocenters. The van der Waals surface area contributed by atoms with E-state index in [1.54, 1.807) is 18.2 Å². The largest absolute Gasteiger partial charge is 0.478 e. The maximum atomic E-state index is 12.4. The lowest BCUT2D eigenvalue weighted by Gasteiger charge is -2.05. The zero-order chi connectivity index (χ0) is 22.5. The molecule has 31 heavy (non-hydrogen) atoms. The standard InChI is InChI=1S/C22H13ClN2O6/c23-18-6-4-12(10-17(18)22(29)30)19-7-5-16(31-19)9-14(11-24)20(26)25-15-3-1-2-13(8-15)21(27)28/h1-10H,(H,25,26)(H,27,28)(H,29,30). The molecule has 3 rings (SSSR count). The molecule has 0 aliphatic rings. The van der Waals surface area contributed by atoms with Crippen LogP contribution in [0.4, 0.5) is 5.69 Å². The van der Waals surface area contributed by atoms with Gasteiger partial charge in [0.1, 0.15) is 23.2 Å². The molecular weight excluding hydrogens is 424 g/mol. The van der Waals surface area contributed by atoms with Crippen LogP contribution in [0.1, 0.15) is 26.5 Å². The number of anilines is 1. The van der Waals surface area contributed by atoms with Crippen LogP contribution in [0.15, 0.2) is 64.6 Å².